The van der Waals surface area contributed by atoms with Crippen molar-refractivity contribution in [3.05, 3.63) is 35.4 Å². The summed E-state index contributed by atoms with van der Waals surface area (Å²) in [6.07, 6.45) is 2.52. The second-order valence-electron chi connectivity index (χ2n) is 4.67. The third-order valence-electron chi connectivity index (χ3n) is 3.65. The van der Waals surface area contributed by atoms with Gasteiger partial charge in [0.2, 0.25) is 0 Å². The van der Waals surface area contributed by atoms with E-state index in [0.29, 0.717) is 5.92 Å². The molecule has 1 heterocycles. The topological polar surface area (TPSA) is 12.0 Å². The Morgan fingerprint density at radius 2 is 2.07 bits per heavy atom. The molecule has 1 aromatic rings. The van der Waals surface area contributed by atoms with Gasteiger partial charge < -0.3 is 5.32 Å². The number of nitrogens with one attached hydrogen (secondary N) is 1. The summed E-state index contributed by atoms with van der Waals surface area (Å²) in [5, 5.41) is 3.42. The van der Waals surface area contributed by atoms with Gasteiger partial charge in [-0.1, -0.05) is 38.1 Å². The van der Waals surface area contributed by atoms with Gasteiger partial charge in [0, 0.05) is 6.54 Å². The molecule has 1 aliphatic heterocycles. The summed E-state index contributed by atoms with van der Waals surface area (Å²) in [7, 11) is 0. The minimum atomic E-state index is 0.695. The van der Waals surface area contributed by atoms with E-state index in [2.05, 4.69) is 43.4 Å². The summed E-state index contributed by atoms with van der Waals surface area (Å²) in [5.41, 5.74) is 2.99. The second-order valence-corrected chi connectivity index (χ2v) is 4.67. The standard InChI is InChI=1S/C14H21N/c1-3-11(2)12-4-6-13(7-5-12)14-8-9-15-10-14/h4-7,11,14-15H,3,8-10H2,1-2H3. The molecule has 1 aliphatic rings. The molecular formula is C14H21N. The van der Waals surface area contributed by atoms with E-state index in [1.165, 1.54) is 30.5 Å². The van der Waals surface area contributed by atoms with Crippen LogP contribution in [0.5, 0.6) is 0 Å². The zero-order chi connectivity index (χ0) is 10.7. The van der Waals surface area contributed by atoms with Gasteiger partial charge in [-0.2, -0.15) is 0 Å². The maximum atomic E-state index is 3.42. The highest BCUT2D eigenvalue weighted by atomic mass is 14.9. The molecule has 0 amide bonds. The van der Waals surface area contributed by atoms with Crippen LogP contribution in [0.4, 0.5) is 0 Å². The van der Waals surface area contributed by atoms with Gasteiger partial charge in [-0.3, -0.25) is 0 Å². The molecule has 0 spiro atoms. The Hall–Kier alpha value is -0.820. The van der Waals surface area contributed by atoms with Crippen LogP contribution in [0, 0.1) is 0 Å². The van der Waals surface area contributed by atoms with E-state index in [4.69, 9.17) is 0 Å². The normalized spacial score (nSPS) is 22.9. The van der Waals surface area contributed by atoms with E-state index in [1.54, 1.807) is 0 Å². The Balaban J connectivity index is 2.09. The van der Waals surface area contributed by atoms with Crippen molar-refractivity contribution in [3.8, 4) is 0 Å². The smallest absolute Gasteiger partial charge is 0.00206 e. The first kappa shape index (κ1) is 10.7. The van der Waals surface area contributed by atoms with Gasteiger partial charge in [-0.15, -0.1) is 0 Å². The summed E-state index contributed by atoms with van der Waals surface area (Å²) in [6.45, 7) is 6.88. The van der Waals surface area contributed by atoms with E-state index in [0.717, 1.165) is 12.5 Å². The summed E-state index contributed by atoms with van der Waals surface area (Å²) in [4.78, 5) is 0. The van der Waals surface area contributed by atoms with E-state index in [-0.39, 0.29) is 0 Å². The largest absolute Gasteiger partial charge is 0.316 e. The van der Waals surface area contributed by atoms with Crippen LogP contribution >= 0.6 is 0 Å². The molecule has 2 rings (SSSR count). The van der Waals surface area contributed by atoms with Crippen LogP contribution in [0.25, 0.3) is 0 Å². The lowest BCUT2D eigenvalue weighted by molar-refractivity contribution is 0.728. The van der Waals surface area contributed by atoms with Crippen LogP contribution in [0.15, 0.2) is 24.3 Å². The quantitative estimate of drug-likeness (QED) is 0.795. The van der Waals surface area contributed by atoms with Crippen molar-refractivity contribution in [1.82, 2.24) is 5.32 Å². The molecule has 0 aromatic heterocycles. The van der Waals surface area contributed by atoms with E-state index >= 15 is 0 Å². The molecule has 82 valence electrons. The van der Waals surface area contributed by atoms with Crippen LogP contribution in [-0.2, 0) is 0 Å². The highest BCUT2D eigenvalue weighted by Gasteiger charge is 2.16. The van der Waals surface area contributed by atoms with E-state index in [1.807, 2.05) is 0 Å². The molecule has 2 unspecified atom stereocenters. The molecule has 2 atom stereocenters. The molecule has 1 saturated heterocycles. The second kappa shape index (κ2) is 4.80. The van der Waals surface area contributed by atoms with Gasteiger partial charge >= 0.3 is 0 Å². The third kappa shape index (κ3) is 2.40. The maximum absolute atomic E-state index is 3.42. The lowest BCUT2D eigenvalue weighted by Gasteiger charge is -2.12. The summed E-state index contributed by atoms with van der Waals surface area (Å²) < 4.78 is 0. The summed E-state index contributed by atoms with van der Waals surface area (Å²) in [5.74, 6) is 1.44. The van der Waals surface area contributed by atoms with Crippen LogP contribution in [0.1, 0.15) is 49.7 Å². The minimum Gasteiger partial charge on any atom is -0.316 e. The fourth-order valence-corrected chi connectivity index (χ4v) is 2.27. The molecule has 0 saturated carbocycles. The highest BCUT2D eigenvalue weighted by molar-refractivity contribution is 5.28. The Morgan fingerprint density at radius 1 is 1.33 bits per heavy atom. The Kier molecular flexibility index (Phi) is 3.42. The summed E-state index contributed by atoms with van der Waals surface area (Å²) >= 11 is 0. The molecule has 0 aliphatic carbocycles. The van der Waals surface area contributed by atoms with Gasteiger partial charge in [0.25, 0.3) is 0 Å². The van der Waals surface area contributed by atoms with Crippen molar-refractivity contribution >= 4 is 0 Å². The van der Waals surface area contributed by atoms with Crippen LogP contribution < -0.4 is 5.32 Å². The number of hydrogen-bond donors (Lipinski definition) is 1. The van der Waals surface area contributed by atoms with Crippen LogP contribution in [0.3, 0.4) is 0 Å². The number of rotatable bonds is 3. The third-order valence-corrected chi connectivity index (χ3v) is 3.65. The van der Waals surface area contributed by atoms with Crippen LogP contribution in [-0.4, -0.2) is 13.1 Å². The van der Waals surface area contributed by atoms with Crippen molar-refractivity contribution < 1.29 is 0 Å². The lowest BCUT2D eigenvalue weighted by atomic mass is 9.93. The maximum Gasteiger partial charge on any atom is 0.00206 e. The molecule has 1 N–H and O–H groups in total. The lowest BCUT2D eigenvalue weighted by Crippen LogP contribution is -2.07. The first-order valence-corrected chi connectivity index (χ1v) is 6.12. The van der Waals surface area contributed by atoms with Gasteiger partial charge in [0.1, 0.15) is 0 Å². The Labute approximate surface area is 92.9 Å². The fourth-order valence-electron chi connectivity index (χ4n) is 2.27. The molecule has 1 aromatic carbocycles. The van der Waals surface area contributed by atoms with Crippen molar-refractivity contribution in [3.63, 3.8) is 0 Å². The molecule has 15 heavy (non-hydrogen) atoms. The summed E-state index contributed by atoms with van der Waals surface area (Å²) in [6, 6.07) is 9.25. The SMILES string of the molecule is CCC(C)c1ccc(C2CCNC2)cc1. The van der Waals surface area contributed by atoms with Gasteiger partial charge in [0.05, 0.1) is 0 Å². The van der Waals surface area contributed by atoms with Crippen molar-refractivity contribution in [2.45, 2.75) is 38.5 Å². The average molecular weight is 203 g/mol. The molecule has 0 radical (unpaired) electrons. The number of benzene rings is 1. The molecule has 1 heteroatoms. The minimum absolute atomic E-state index is 0.695. The Morgan fingerprint density at radius 3 is 2.60 bits per heavy atom. The first-order chi connectivity index (χ1) is 7.31. The predicted molar refractivity (Wildman–Crippen MR) is 65.4 cm³/mol. The zero-order valence-electron chi connectivity index (χ0n) is 9.79. The van der Waals surface area contributed by atoms with Crippen molar-refractivity contribution in [2.75, 3.05) is 13.1 Å². The van der Waals surface area contributed by atoms with Crippen LogP contribution in [0.2, 0.25) is 0 Å². The zero-order valence-corrected chi connectivity index (χ0v) is 9.79. The van der Waals surface area contributed by atoms with Gasteiger partial charge in [-0.05, 0) is 42.3 Å². The van der Waals surface area contributed by atoms with E-state index in [9.17, 15) is 0 Å². The van der Waals surface area contributed by atoms with Crippen molar-refractivity contribution in [2.24, 2.45) is 0 Å². The molecule has 1 nitrogen and oxygen atoms in total. The van der Waals surface area contributed by atoms with Crippen molar-refractivity contribution in [1.29, 1.82) is 0 Å². The molecule has 1 fully saturated rings. The van der Waals surface area contributed by atoms with Gasteiger partial charge in [0.15, 0.2) is 0 Å². The Bertz CT molecular complexity index is 296. The fraction of sp³-hybridized carbons (Fsp3) is 0.571. The first-order valence-electron chi connectivity index (χ1n) is 6.12. The monoisotopic (exact) mass is 203 g/mol. The average Bonchev–Trinajstić information content (AvgIpc) is 2.82. The van der Waals surface area contributed by atoms with Gasteiger partial charge in [-0.25, -0.2) is 0 Å². The highest BCUT2D eigenvalue weighted by Crippen LogP contribution is 2.25. The molecule has 0 bridgehead atoms. The number of hydrogen-bond acceptors (Lipinski definition) is 1. The predicted octanol–water partition coefficient (Wildman–Crippen LogP) is 3.28. The molecular weight excluding hydrogens is 182 g/mol. The van der Waals surface area contributed by atoms with E-state index < -0.39 is 0 Å².